The first-order valence-corrected chi connectivity index (χ1v) is 12.3. The van der Waals surface area contributed by atoms with Crippen LogP contribution in [0.25, 0.3) is 11.3 Å². The van der Waals surface area contributed by atoms with E-state index in [0.717, 1.165) is 30.6 Å². The molecule has 37 heavy (non-hydrogen) atoms. The van der Waals surface area contributed by atoms with E-state index in [4.69, 9.17) is 15.6 Å². The Kier molecular flexibility index (Phi) is 5.79. The van der Waals surface area contributed by atoms with E-state index in [2.05, 4.69) is 15.4 Å². The van der Waals surface area contributed by atoms with Crippen molar-refractivity contribution in [3.8, 4) is 22.8 Å². The van der Waals surface area contributed by atoms with Gasteiger partial charge in [0, 0.05) is 18.7 Å². The summed E-state index contributed by atoms with van der Waals surface area (Å²) in [6, 6.07) is 16.5. The van der Waals surface area contributed by atoms with Gasteiger partial charge in [-0.2, -0.15) is 14.9 Å². The maximum Gasteiger partial charge on any atom is 0.346 e. The molecular formula is C26H26N8O3. The van der Waals surface area contributed by atoms with E-state index in [1.54, 1.807) is 0 Å². The number of ether oxygens (including phenoxy) is 1. The van der Waals surface area contributed by atoms with Crippen molar-refractivity contribution in [2.24, 2.45) is 5.73 Å². The lowest BCUT2D eigenvalue weighted by Gasteiger charge is -2.35. The molecule has 0 saturated carbocycles. The summed E-state index contributed by atoms with van der Waals surface area (Å²) in [5, 5.41) is 12.2. The molecule has 1 fully saturated rings. The van der Waals surface area contributed by atoms with E-state index in [9.17, 15) is 9.59 Å². The van der Waals surface area contributed by atoms with Gasteiger partial charge in [-0.15, -0.1) is 0 Å². The van der Waals surface area contributed by atoms with Crippen molar-refractivity contribution in [3.05, 3.63) is 72.8 Å². The largest absolute Gasteiger partial charge is 0.457 e. The van der Waals surface area contributed by atoms with Crippen LogP contribution >= 0.6 is 0 Å². The average Bonchev–Trinajstić information content (AvgIpc) is 3.69. The zero-order valence-corrected chi connectivity index (χ0v) is 20.0. The minimum absolute atomic E-state index is 0.0901. The predicted molar refractivity (Wildman–Crippen MR) is 135 cm³/mol. The molecule has 188 valence electrons. The smallest absolute Gasteiger partial charge is 0.346 e. The van der Waals surface area contributed by atoms with Crippen LogP contribution < -0.4 is 15.8 Å². The third-order valence-electron chi connectivity index (χ3n) is 6.91. The normalized spacial score (nSPS) is 18.8. The van der Waals surface area contributed by atoms with Crippen LogP contribution in [0.4, 0.5) is 10.6 Å². The molecule has 11 heteroatoms. The molecule has 2 amide bonds. The predicted octanol–water partition coefficient (Wildman–Crippen LogP) is 3.52. The maximum absolute atomic E-state index is 13.1. The molecular weight excluding hydrogens is 472 g/mol. The molecule has 4 aromatic rings. The Hall–Kier alpha value is -4.67. The zero-order valence-electron chi connectivity index (χ0n) is 20.0. The highest BCUT2D eigenvalue weighted by molar-refractivity contribution is 6.03. The van der Waals surface area contributed by atoms with Crippen molar-refractivity contribution >= 4 is 17.8 Å². The van der Waals surface area contributed by atoms with E-state index in [0.29, 0.717) is 35.9 Å². The number of carbonyl (C=O) groups is 2. The van der Waals surface area contributed by atoms with Crippen molar-refractivity contribution in [1.29, 1.82) is 0 Å². The molecule has 2 aliphatic heterocycles. The van der Waals surface area contributed by atoms with E-state index in [-0.39, 0.29) is 18.1 Å². The highest BCUT2D eigenvalue weighted by Crippen LogP contribution is 2.39. The number of aromatic nitrogens is 5. The van der Waals surface area contributed by atoms with Crippen LogP contribution in [-0.2, 0) is 0 Å². The number of hydrogen-bond acceptors (Lipinski definition) is 7. The zero-order chi connectivity index (χ0) is 25.4. The molecule has 6 rings (SSSR count). The summed E-state index contributed by atoms with van der Waals surface area (Å²) in [6.45, 7) is 1.27. The number of rotatable bonds is 5. The monoisotopic (exact) mass is 498 g/mol. The van der Waals surface area contributed by atoms with Crippen molar-refractivity contribution in [2.75, 3.05) is 18.4 Å². The highest BCUT2D eigenvalue weighted by Gasteiger charge is 2.40. The number of nitrogens with zero attached hydrogens (tertiary/aromatic N) is 6. The first-order valence-electron chi connectivity index (χ1n) is 12.3. The molecule has 11 nitrogen and oxygen atoms in total. The molecule has 0 radical (unpaired) electrons. The van der Waals surface area contributed by atoms with Crippen molar-refractivity contribution in [2.45, 2.75) is 31.3 Å². The summed E-state index contributed by atoms with van der Waals surface area (Å²) in [4.78, 5) is 31.4. The third-order valence-corrected chi connectivity index (χ3v) is 6.91. The number of anilines is 1. The quantitative estimate of drug-likeness (QED) is 0.430. The first kappa shape index (κ1) is 22.8. The maximum atomic E-state index is 13.1. The standard InChI is InChI=1S/C26H26N8O3/c27-24(35)22-23(17-8-10-19(11-9-17)37-18-5-2-1-3-6-18)31-34-21(12-13-29-25(22)34)20-7-4-14-32(20)26(36)33-16-28-15-30-33/h1-3,5-6,8-11,15-16,20-21,29H,4,7,12-14H2,(H2,27,35)/t20-,21?/m0/s1. The number of hydrogen-bond donors (Lipinski definition) is 2. The lowest BCUT2D eigenvalue weighted by atomic mass is 10.0. The molecule has 2 aliphatic rings. The second-order valence-corrected chi connectivity index (χ2v) is 9.13. The van der Waals surface area contributed by atoms with Crippen molar-refractivity contribution in [3.63, 3.8) is 0 Å². The van der Waals surface area contributed by atoms with Gasteiger partial charge < -0.3 is 20.7 Å². The van der Waals surface area contributed by atoms with E-state index < -0.39 is 5.91 Å². The van der Waals surface area contributed by atoms with E-state index in [1.165, 1.54) is 17.3 Å². The van der Waals surface area contributed by atoms with Crippen LogP contribution in [-0.4, -0.2) is 60.5 Å². The molecule has 1 saturated heterocycles. The van der Waals surface area contributed by atoms with E-state index >= 15 is 0 Å². The number of carbonyl (C=O) groups excluding carboxylic acids is 2. The van der Waals surface area contributed by atoms with Gasteiger partial charge in [-0.3, -0.25) is 4.79 Å². The number of likely N-dealkylation sites (tertiary alicyclic amines) is 1. The summed E-state index contributed by atoms with van der Waals surface area (Å²) < 4.78 is 8.99. The van der Waals surface area contributed by atoms with E-state index in [1.807, 2.05) is 64.2 Å². The molecule has 2 aromatic carbocycles. The van der Waals surface area contributed by atoms with Crippen molar-refractivity contribution < 1.29 is 14.3 Å². The number of nitrogens with two attached hydrogens (primary N) is 1. The fourth-order valence-electron chi connectivity index (χ4n) is 5.27. The Morgan fingerprint density at radius 2 is 1.78 bits per heavy atom. The SMILES string of the molecule is NC(=O)c1c(-c2ccc(Oc3ccccc3)cc2)nn2c1NCCC2[C@@H]1CCCN1C(=O)n1cncn1. The summed E-state index contributed by atoms with van der Waals surface area (Å²) in [6.07, 6.45) is 5.22. The van der Waals surface area contributed by atoms with Gasteiger partial charge in [0.15, 0.2) is 0 Å². The van der Waals surface area contributed by atoms with Crippen LogP contribution in [0.1, 0.15) is 35.7 Å². The summed E-state index contributed by atoms with van der Waals surface area (Å²) in [7, 11) is 0. The Balaban J connectivity index is 1.33. The number of primary amides is 1. The number of amides is 2. The number of fused-ring (bicyclic) bond motifs is 1. The van der Waals surface area contributed by atoms with Gasteiger partial charge in [0.1, 0.15) is 41.2 Å². The summed E-state index contributed by atoms with van der Waals surface area (Å²) in [5.41, 5.74) is 7.44. The minimum Gasteiger partial charge on any atom is -0.457 e. The molecule has 2 aromatic heterocycles. The Morgan fingerprint density at radius 3 is 2.51 bits per heavy atom. The van der Waals surface area contributed by atoms with Gasteiger partial charge in [-0.25, -0.2) is 14.5 Å². The highest BCUT2D eigenvalue weighted by atomic mass is 16.5. The Morgan fingerprint density at radius 1 is 1.00 bits per heavy atom. The number of benzene rings is 2. The van der Waals surface area contributed by atoms with Crippen LogP contribution in [0.3, 0.4) is 0 Å². The van der Waals surface area contributed by atoms with Gasteiger partial charge in [-0.05, 0) is 55.7 Å². The van der Waals surface area contributed by atoms with Gasteiger partial charge in [0.2, 0.25) is 0 Å². The molecule has 3 N–H and O–H groups in total. The Bertz CT molecular complexity index is 1420. The number of nitrogens with one attached hydrogen (secondary N) is 1. The van der Waals surface area contributed by atoms with Crippen LogP contribution in [0.2, 0.25) is 0 Å². The first-order chi connectivity index (χ1) is 18.1. The van der Waals surface area contributed by atoms with Gasteiger partial charge >= 0.3 is 6.03 Å². The summed E-state index contributed by atoms with van der Waals surface area (Å²) >= 11 is 0. The lowest BCUT2D eigenvalue weighted by Crippen LogP contribution is -2.45. The van der Waals surface area contributed by atoms with Gasteiger partial charge in [0.05, 0.1) is 12.1 Å². The van der Waals surface area contributed by atoms with Crippen LogP contribution in [0.5, 0.6) is 11.5 Å². The second-order valence-electron chi connectivity index (χ2n) is 9.13. The third kappa shape index (κ3) is 4.18. The van der Waals surface area contributed by atoms with Gasteiger partial charge in [-0.1, -0.05) is 18.2 Å². The fraction of sp³-hybridized carbons (Fsp3) is 0.269. The molecule has 0 aliphatic carbocycles. The Labute approximate surface area is 212 Å². The second kappa shape index (κ2) is 9.41. The molecule has 4 heterocycles. The topological polar surface area (TPSA) is 133 Å². The lowest BCUT2D eigenvalue weighted by molar-refractivity contribution is 0.100. The minimum atomic E-state index is -0.559. The molecule has 1 unspecified atom stereocenters. The fourth-order valence-corrected chi connectivity index (χ4v) is 5.27. The average molecular weight is 499 g/mol. The van der Waals surface area contributed by atoms with Crippen molar-refractivity contribution in [1.82, 2.24) is 29.4 Å². The van der Waals surface area contributed by atoms with Crippen LogP contribution in [0.15, 0.2) is 67.3 Å². The van der Waals surface area contributed by atoms with Gasteiger partial charge in [0.25, 0.3) is 5.91 Å². The number of para-hydroxylation sites is 1. The van der Waals surface area contributed by atoms with Crippen LogP contribution in [0, 0.1) is 0 Å². The molecule has 0 bridgehead atoms. The molecule has 2 atom stereocenters. The summed E-state index contributed by atoms with van der Waals surface area (Å²) in [5.74, 6) is 1.43. The molecule has 0 spiro atoms.